The van der Waals surface area contributed by atoms with E-state index < -0.39 is 0 Å². The van der Waals surface area contributed by atoms with Crippen LogP contribution in [0.2, 0.25) is 0 Å². The predicted molar refractivity (Wildman–Crippen MR) is 65.3 cm³/mol. The van der Waals surface area contributed by atoms with Crippen molar-refractivity contribution in [3.63, 3.8) is 0 Å². The number of hydrogen-bond acceptors (Lipinski definition) is 3. The van der Waals surface area contributed by atoms with Gasteiger partial charge in [-0.25, -0.2) is 0 Å². The van der Waals surface area contributed by atoms with E-state index in [-0.39, 0.29) is 0 Å². The quantitative estimate of drug-likeness (QED) is 0.855. The Morgan fingerprint density at radius 1 is 1.47 bits per heavy atom. The molecule has 0 atom stereocenters. The average molecular weight is 284 g/mol. The molecule has 4 heteroatoms. The molecular formula is C11H10BrNOS. The van der Waals surface area contributed by atoms with E-state index in [1.807, 2.05) is 36.8 Å². The maximum atomic E-state index is 5.69. The number of thiazole rings is 1. The third-order valence-electron chi connectivity index (χ3n) is 1.99. The molecule has 1 aromatic heterocycles. The summed E-state index contributed by atoms with van der Waals surface area (Å²) in [7, 11) is 0. The summed E-state index contributed by atoms with van der Waals surface area (Å²) in [5, 5.41) is 0. The van der Waals surface area contributed by atoms with Crippen molar-refractivity contribution in [1.29, 1.82) is 0 Å². The van der Waals surface area contributed by atoms with Crippen LogP contribution in [0.1, 0.15) is 10.4 Å². The molecule has 0 saturated carbocycles. The Morgan fingerprint density at radius 2 is 2.33 bits per heavy atom. The first-order valence-corrected chi connectivity index (χ1v) is 6.19. The van der Waals surface area contributed by atoms with Crippen molar-refractivity contribution in [3.05, 3.63) is 44.8 Å². The molecule has 0 unspecified atom stereocenters. The van der Waals surface area contributed by atoms with E-state index in [9.17, 15) is 0 Å². The highest BCUT2D eigenvalue weighted by Gasteiger charge is 2.01. The molecule has 2 nitrogen and oxygen atoms in total. The smallest absolute Gasteiger partial charge is 0.124 e. The first-order chi connectivity index (χ1) is 7.25. The van der Waals surface area contributed by atoms with Crippen LogP contribution in [0.5, 0.6) is 5.75 Å². The molecule has 0 spiro atoms. The maximum absolute atomic E-state index is 5.69. The summed E-state index contributed by atoms with van der Waals surface area (Å²) in [5.74, 6) is 0.923. The topological polar surface area (TPSA) is 22.1 Å². The lowest BCUT2D eigenvalue weighted by Gasteiger charge is -2.07. The summed E-state index contributed by atoms with van der Waals surface area (Å²) >= 11 is 5.03. The monoisotopic (exact) mass is 283 g/mol. The summed E-state index contributed by atoms with van der Waals surface area (Å²) in [6.07, 6.45) is 1.83. The minimum Gasteiger partial charge on any atom is -0.488 e. The Morgan fingerprint density at radius 3 is 3.00 bits per heavy atom. The van der Waals surface area contributed by atoms with E-state index in [2.05, 4.69) is 20.9 Å². The van der Waals surface area contributed by atoms with Gasteiger partial charge in [0.25, 0.3) is 0 Å². The van der Waals surface area contributed by atoms with Crippen molar-refractivity contribution in [3.8, 4) is 5.75 Å². The largest absolute Gasteiger partial charge is 0.488 e. The Hall–Kier alpha value is -0.870. The van der Waals surface area contributed by atoms with E-state index in [4.69, 9.17) is 4.74 Å². The number of rotatable bonds is 3. The van der Waals surface area contributed by atoms with Gasteiger partial charge in [-0.15, -0.1) is 11.3 Å². The molecule has 0 amide bonds. The molecule has 0 aliphatic carbocycles. The highest BCUT2D eigenvalue weighted by Crippen LogP contribution is 2.23. The fourth-order valence-corrected chi connectivity index (χ4v) is 2.22. The van der Waals surface area contributed by atoms with E-state index in [0.717, 1.165) is 20.7 Å². The third-order valence-corrected chi connectivity index (χ3v) is 3.24. The zero-order valence-electron chi connectivity index (χ0n) is 8.24. The van der Waals surface area contributed by atoms with E-state index >= 15 is 0 Å². The van der Waals surface area contributed by atoms with Crippen LogP contribution in [0.4, 0.5) is 0 Å². The second-order valence-corrected chi connectivity index (χ2v) is 5.05. The summed E-state index contributed by atoms with van der Waals surface area (Å²) in [6, 6.07) is 6.00. The third kappa shape index (κ3) is 2.79. The molecule has 0 aliphatic heterocycles. The highest BCUT2D eigenvalue weighted by molar-refractivity contribution is 9.10. The molecule has 78 valence electrons. The zero-order chi connectivity index (χ0) is 10.7. The number of ether oxygens (including phenoxy) is 1. The lowest BCUT2D eigenvalue weighted by atomic mass is 10.2. The van der Waals surface area contributed by atoms with Gasteiger partial charge < -0.3 is 4.74 Å². The molecule has 0 aliphatic rings. The minimum atomic E-state index is 0.590. The Bertz CT molecular complexity index is 442. The number of hydrogen-bond donors (Lipinski definition) is 0. The lowest BCUT2D eigenvalue weighted by molar-refractivity contribution is 0.307. The highest BCUT2D eigenvalue weighted by atomic mass is 79.9. The van der Waals surface area contributed by atoms with Gasteiger partial charge in [0.2, 0.25) is 0 Å². The fourth-order valence-electron chi connectivity index (χ4n) is 1.24. The molecule has 15 heavy (non-hydrogen) atoms. The van der Waals surface area contributed by atoms with E-state index in [0.29, 0.717) is 6.61 Å². The molecule has 2 aromatic rings. The van der Waals surface area contributed by atoms with Crippen LogP contribution in [-0.4, -0.2) is 4.98 Å². The summed E-state index contributed by atoms with van der Waals surface area (Å²) in [5.41, 5.74) is 2.95. The normalized spacial score (nSPS) is 10.3. The SMILES string of the molecule is Cc1cc(Br)ccc1OCc1cncs1. The molecule has 0 bridgehead atoms. The summed E-state index contributed by atoms with van der Waals surface area (Å²) < 4.78 is 6.76. The van der Waals surface area contributed by atoms with Crippen molar-refractivity contribution in [1.82, 2.24) is 4.98 Å². The fraction of sp³-hybridized carbons (Fsp3) is 0.182. The molecule has 2 rings (SSSR count). The number of nitrogens with zero attached hydrogens (tertiary/aromatic N) is 1. The van der Waals surface area contributed by atoms with Gasteiger partial charge in [0, 0.05) is 10.7 Å². The van der Waals surface area contributed by atoms with Crippen molar-refractivity contribution in [2.24, 2.45) is 0 Å². The predicted octanol–water partition coefficient (Wildman–Crippen LogP) is 3.79. The van der Waals surface area contributed by atoms with Gasteiger partial charge in [0.1, 0.15) is 12.4 Å². The Kier molecular flexibility index (Phi) is 3.38. The van der Waals surface area contributed by atoms with Crippen LogP contribution in [0, 0.1) is 6.92 Å². The van der Waals surface area contributed by atoms with Gasteiger partial charge >= 0.3 is 0 Å². The standard InChI is InChI=1S/C11H10BrNOS/c1-8-4-9(12)2-3-11(8)14-6-10-5-13-7-15-10/h2-5,7H,6H2,1H3. The van der Waals surface area contributed by atoms with Gasteiger partial charge in [0.15, 0.2) is 0 Å². The molecule has 0 saturated heterocycles. The average Bonchev–Trinajstić information content (AvgIpc) is 2.69. The van der Waals surface area contributed by atoms with Gasteiger partial charge in [-0.1, -0.05) is 15.9 Å². The molecule has 0 N–H and O–H groups in total. The lowest BCUT2D eigenvalue weighted by Crippen LogP contribution is -1.94. The maximum Gasteiger partial charge on any atom is 0.124 e. The van der Waals surface area contributed by atoms with Crippen molar-refractivity contribution < 1.29 is 4.74 Å². The molecule has 1 aromatic carbocycles. The van der Waals surface area contributed by atoms with Crippen molar-refractivity contribution in [2.45, 2.75) is 13.5 Å². The van der Waals surface area contributed by atoms with Crippen molar-refractivity contribution >= 4 is 27.3 Å². The Labute approximate surface area is 101 Å². The first-order valence-electron chi connectivity index (χ1n) is 4.52. The number of halogens is 1. The summed E-state index contributed by atoms with van der Waals surface area (Å²) in [4.78, 5) is 5.14. The van der Waals surface area contributed by atoms with E-state index in [1.54, 1.807) is 11.3 Å². The van der Waals surface area contributed by atoms with Gasteiger partial charge in [-0.2, -0.15) is 0 Å². The van der Waals surface area contributed by atoms with Crippen LogP contribution in [-0.2, 0) is 6.61 Å². The van der Waals surface area contributed by atoms with E-state index in [1.165, 1.54) is 0 Å². The van der Waals surface area contributed by atoms with Crippen molar-refractivity contribution in [2.75, 3.05) is 0 Å². The van der Waals surface area contributed by atoms with Gasteiger partial charge in [-0.3, -0.25) is 4.98 Å². The second-order valence-electron chi connectivity index (χ2n) is 3.17. The first kappa shape index (κ1) is 10.6. The minimum absolute atomic E-state index is 0.590. The number of aryl methyl sites for hydroxylation is 1. The van der Waals surface area contributed by atoms with Gasteiger partial charge in [0.05, 0.1) is 10.4 Å². The number of aromatic nitrogens is 1. The zero-order valence-corrected chi connectivity index (χ0v) is 10.6. The summed E-state index contributed by atoms with van der Waals surface area (Å²) in [6.45, 7) is 2.62. The Balaban J connectivity index is 2.05. The molecule has 0 fully saturated rings. The van der Waals surface area contributed by atoms with Crippen LogP contribution in [0.15, 0.2) is 34.4 Å². The van der Waals surface area contributed by atoms with Gasteiger partial charge in [-0.05, 0) is 30.7 Å². The molecule has 0 radical (unpaired) electrons. The molecular weight excluding hydrogens is 274 g/mol. The van der Waals surface area contributed by atoms with Crippen LogP contribution in [0.3, 0.4) is 0 Å². The number of benzene rings is 1. The van der Waals surface area contributed by atoms with Crippen LogP contribution >= 0.6 is 27.3 Å². The second kappa shape index (κ2) is 4.77. The molecule has 1 heterocycles. The van der Waals surface area contributed by atoms with Crippen LogP contribution in [0.25, 0.3) is 0 Å². The van der Waals surface area contributed by atoms with Crippen LogP contribution < -0.4 is 4.74 Å².